The Morgan fingerprint density at radius 1 is 1.19 bits per heavy atom. The summed E-state index contributed by atoms with van der Waals surface area (Å²) in [5.41, 5.74) is 6.93. The lowest BCUT2D eigenvalue weighted by Gasteiger charge is -2.25. The van der Waals surface area contributed by atoms with Crippen molar-refractivity contribution >= 4 is 34.8 Å². The van der Waals surface area contributed by atoms with Gasteiger partial charge in [-0.1, -0.05) is 24.3 Å². The molecule has 0 unspecified atom stereocenters. The number of aromatic nitrogens is 2. The van der Waals surface area contributed by atoms with Crippen molar-refractivity contribution in [3.63, 3.8) is 0 Å². The molecule has 3 aromatic rings. The van der Waals surface area contributed by atoms with Gasteiger partial charge < -0.3 is 9.47 Å². The Bertz CT molecular complexity index is 1250. The molecule has 0 atom stereocenters. The number of hydrogen-bond acceptors (Lipinski definition) is 4. The predicted molar refractivity (Wildman–Crippen MR) is 130 cm³/mol. The van der Waals surface area contributed by atoms with Crippen LogP contribution in [0.5, 0.6) is 0 Å². The minimum absolute atomic E-state index is 0.0153. The van der Waals surface area contributed by atoms with E-state index in [0.29, 0.717) is 5.56 Å². The summed E-state index contributed by atoms with van der Waals surface area (Å²) in [7, 11) is 0. The van der Waals surface area contributed by atoms with Crippen LogP contribution in [0.25, 0.3) is 17.1 Å². The molecule has 32 heavy (non-hydrogen) atoms. The number of carbonyl (C=O) groups excluding carboxylic acids is 1. The van der Waals surface area contributed by atoms with Crippen LogP contribution in [0, 0.1) is 25.2 Å². The number of nitrogens with zero attached hydrogens (tertiary/aromatic N) is 4. The Kier molecular flexibility index (Phi) is 5.52. The Hall–Kier alpha value is -3.04. The minimum Gasteiger partial charge on any atom is -0.338 e. The zero-order chi connectivity index (χ0) is 22.2. The van der Waals surface area contributed by atoms with Crippen molar-refractivity contribution in [1.82, 2.24) is 14.5 Å². The minimum atomic E-state index is 0.0153. The summed E-state index contributed by atoms with van der Waals surface area (Å²) in [6.45, 7) is 5.59. The third kappa shape index (κ3) is 3.61. The Morgan fingerprint density at radius 2 is 1.88 bits per heavy atom. The number of pyridine rings is 1. The number of hydrogen-bond donors (Lipinski definition) is 0. The van der Waals surface area contributed by atoms with E-state index in [0.717, 1.165) is 65.4 Å². The van der Waals surface area contributed by atoms with E-state index in [1.807, 2.05) is 42.7 Å². The van der Waals surface area contributed by atoms with E-state index >= 15 is 0 Å². The molecular weight excluding hydrogens is 416 g/mol. The average Bonchev–Trinajstić information content (AvgIpc) is 3.36. The average molecular weight is 443 g/mol. The van der Waals surface area contributed by atoms with Crippen LogP contribution in [0.3, 0.4) is 0 Å². The van der Waals surface area contributed by atoms with Gasteiger partial charge >= 0.3 is 0 Å². The quantitative estimate of drug-likeness (QED) is 0.562. The van der Waals surface area contributed by atoms with Crippen LogP contribution in [0.2, 0.25) is 0 Å². The Morgan fingerprint density at radius 3 is 2.53 bits per heavy atom. The highest BCUT2D eigenvalue weighted by Gasteiger charge is 2.29. The van der Waals surface area contributed by atoms with E-state index in [1.54, 1.807) is 6.08 Å². The highest BCUT2D eigenvalue weighted by molar-refractivity contribution is 7.99. The van der Waals surface area contributed by atoms with Gasteiger partial charge in [0.05, 0.1) is 11.3 Å². The molecule has 1 amide bonds. The van der Waals surface area contributed by atoms with Gasteiger partial charge in [0.1, 0.15) is 11.7 Å². The monoisotopic (exact) mass is 442 g/mol. The molecule has 0 N–H and O–H groups in total. The second-order valence-corrected chi connectivity index (χ2v) is 9.85. The van der Waals surface area contributed by atoms with Crippen molar-refractivity contribution in [2.24, 2.45) is 0 Å². The Balaban J connectivity index is 1.63. The van der Waals surface area contributed by atoms with Crippen molar-refractivity contribution in [3.8, 4) is 6.07 Å². The Labute approximate surface area is 192 Å². The first-order chi connectivity index (χ1) is 15.6. The molecule has 5 rings (SSSR count). The summed E-state index contributed by atoms with van der Waals surface area (Å²) >= 11 is 1.88. The van der Waals surface area contributed by atoms with E-state index in [9.17, 15) is 10.1 Å². The molecule has 3 heterocycles. The van der Waals surface area contributed by atoms with Crippen molar-refractivity contribution < 1.29 is 4.79 Å². The molecule has 6 heteroatoms. The van der Waals surface area contributed by atoms with Crippen LogP contribution < -0.4 is 0 Å². The summed E-state index contributed by atoms with van der Waals surface area (Å²) in [4.78, 5) is 19.6. The van der Waals surface area contributed by atoms with E-state index < -0.39 is 0 Å². The van der Waals surface area contributed by atoms with Crippen molar-refractivity contribution in [1.29, 1.82) is 5.26 Å². The number of nitriles is 1. The number of fused-ring (bicyclic) bond motifs is 2. The fourth-order valence-corrected chi connectivity index (χ4v) is 5.97. The molecule has 1 aliphatic heterocycles. The van der Waals surface area contributed by atoms with Crippen molar-refractivity contribution in [3.05, 3.63) is 70.0 Å². The zero-order valence-electron chi connectivity index (χ0n) is 18.5. The summed E-state index contributed by atoms with van der Waals surface area (Å²) in [6, 6.07) is 13.2. The first-order valence-electron chi connectivity index (χ1n) is 11.1. The lowest BCUT2D eigenvalue weighted by Crippen LogP contribution is -2.36. The second kappa shape index (κ2) is 8.48. The molecule has 2 aliphatic rings. The SMILES string of the molecule is Cc1cc(C)c2c(C#N)c(C=CC(=O)N3CCSCC3)n(C3Cc4ccccc4C3)c2n1. The molecule has 1 aromatic carbocycles. The first-order valence-corrected chi connectivity index (χ1v) is 12.3. The van der Waals surface area contributed by atoms with Crippen LogP contribution in [0.1, 0.15) is 39.7 Å². The smallest absolute Gasteiger partial charge is 0.246 e. The van der Waals surface area contributed by atoms with Crippen LogP contribution in [-0.4, -0.2) is 45.0 Å². The van der Waals surface area contributed by atoms with Gasteiger partial charge in [-0.05, 0) is 55.5 Å². The summed E-state index contributed by atoms with van der Waals surface area (Å²) in [5, 5.41) is 11.0. The van der Waals surface area contributed by atoms with Crippen LogP contribution in [-0.2, 0) is 17.6 Å². The number of rotatable bonds is 3. The molecule has 1 fully saturated rings. The number of thioether (sulfide) groups is 1. The lowest BCUT2D eigenvalue weighted by molar-refractivity contribution is -0.125. The van der Waals surface area contributed by atoms with E-state index in [2.05, 4.69) is 34.9 Å². The molecule has 0 saturated carbocycles. The number of carbonyl (C=O) groups is 1. The van der Waals surface area contributed by atoms with Crippen LogP contribution >= 0.6 is 11.8 Å². The molecule has 0 radical (unpaired) electrons. The van der Waals surface area contributed by atoms with Gasteiger partial charge in [0.2, 0.25) is 5.91 Å². The molecule has 162 valence electrons. The summed E-state index contributed by atoms with van der Waals surface area (Å²) in [6.07, 6.45) is 5.29. The van der Waals surface area contributed by atoms with Gasteiger partial charge in [-0.3, -0.25) is 4.79 Å². The van der Waals surface area contributed by atoms with Gasteiger partial charge in [0.15, 0.2) is 0 Å². The molecule has 1 saturated heterocycles. The highest BCUT2D eigenvalue weighted by atomic mass is 32.2. The maximum absolute atomic E-state index is 12.8. The summed E-state index contributed by atoms with van der Waals surface area (Å²) in [5.74, 6) is 1.97. The third-order valence-corrected chi connectivity index (χ3v) is 7.47. The number of aryl methyl sites for hydroxylation is 2. The number of benzene rings is 1. The molecule has 0 spiro atoms. The van der Waals surface area contributed by atoms with E-state index in [4.69, 9.17) is 4.98 Å². The maximum atomic E-state index is 12.8. The second-order valence-electron chi connectivity index (χ2n) is 8.62. The van der Waals surface area contributed by atoms with E-state index in [1.165, 1.54) is 11.1 Å². The fraction of sp³-hybridized carbons (Fsp3) is 0.346. The largest absolute Gasteiger partial charge is 0.338 e. The first kappa shape index (κ1) is 20.8. The van der Waals surface area contributed by atoms with Crippen LogP contribution in [0.4, 0.5) is 0 Å². The van der Waals surface area contributed by atoms with Gasteiger partial charge in [-0.2, -0.15) is 17.0 Å². The van der Waals surface area contributed by atoms with Gasteiger partial charge in [0.25, 0.3) is 0 Å². The highest BCUT2D eigenvalue weighted by Crippen LogP contribution is 2.37. The molecule has 2 aromatic heterocycles. The number of amides is 1. The fourth-order valence-electron chi connectivity index (χ4n) is 5.07. The molecular formula is C26H26N4OS. The van der Waals surface area contributed by atoms with Crippen LogP contribution in [0.15, 0.2) is 36.4 Å². The van der Waals surface area contributed by atoms with Crippen molar-refractivity contribution in [2.45, 2.75) is 32.7 Å². The van der Waals surface area contributed by atoms with E-state index in [-0.39, 0.29) is 11.9 Å². The predicted octanol–water partition coefficient (Wildman–Crippen LogP) is 4.45. The summed E-state index contributed by atoms with van der Waals surface area (Å²) < 4.78 is 2.21. The normalized spacial score (nSPS) is 16.6. The molecule has 0 bridgehead atoms. The van der Waals surface area contributed by atoms with Gasteiger partial charge in [-0.15, -0.1) is 0 Å². The standard InChI is InChI=1S/C26H26N4OS/c1-17-13-18(2)28-26-25(17)22(16-27)23(7-8-24(31)29-9-11-32-12-10-29)30(26)21-14-19-5-3-4-6-20(19)15-21/h3-8,13,21H,9-12,14-15H2,1-2H3. The van der Waals surface area contributed by atoms with Crippen molar-refractivity contribution in [2.75, 3.05) is 24.6 Å². The third-order valence-electron chi connectivity index (χ3n) is 6.53. The molecule has 5 nitrogen and oxygen atoms in total. The zero-order valence-corrected chi connectivity index (χ0v) is 19.3. The molecule has 1 aliphatic carbocycles. The van der Waals surface area contributed by atoms with Gasteiger partial charge in [-0.25, -0.2) is 4.98 Å². The lowest BCUT2D eigenvalue weighted by atomic mass is 10.1. The topological polar surface area (TPSA) is 61.9 Å². The van der Waals surface area contributed by atoms with Gasteiger partial charge in [0, 0.05) is 47.8 Å². The maximum Gasteiger partial charge on any atom is 0.246 e.